The van der Waals surface area contributed by atoms with Crippen LogP contribution in [0.1, 0.15) is 23.1 Å². The van der Waals surface area contributed by atoms with Crippen molar-refractivity contribution in [3.05, 3.63) is 87.6 Å². The van der Waals surface area contributed by atoms with Crippen LogP contribution < -0.4 is 11.2 Å². The van der Waals surface area contributed by atoms with Crippen LogP contribution in [0.15, 0.2) is 69.9 Å². The van der Waals surface area contributed by atoms with Crippen molar-refractivity contribution < 1.29 is 39.5 Å². The van der Waals surface area contributed by atoms with Crippen LogP contribution in [0.2, 0.25) is 0 Å². The first-order valence-electron chi connectivity index (χ1n) is 11.1. The number of carboxylic acid groups (broad SMARTS) is 2. The van der Waals surface area contributed by atoms with E-state index >= 15 is 0 Å². The molecule has 0 radical (unpaired) electrons. The van der Waals surface area contributed by atoms with E-state index in [9.17, 15) is 39.9 Å². The van der Waals surface area contributed by atoms with E-state index in [0.29, 0.717) is 13.0 Å². The molecule has 4 aromatic rings. The van der Waals surface area contributed by atoms with Crippen molar-refractivity contribution in [2.45, 2.75) is 18.3 Å². The van der Waals surface area contributed by atoms with Crippen molar-refractivity contribution >= 4 is 35.3 Å². The molecule has 3 aromatic carbocycles. The van der Waals surface area contributed by atoms with Gasteiger partial charge in [-0.25, -0.2) is 0 Å². The van der Waals surface area contributed by atoms with Gasteiger partial charge in [0.1, 0.15) is 39.4 Å². The standard InChI is InChI=1S/C27H23NO9.ClH/c28-8-7-14-1-4-16(5-2-14)27(26(35)36,13-24(33)34)18-9-15(3-6-19(18)30)22-12-21(32)25-20(31)10-17(29)11-23(25)37-22;/h1-6,9-12,29-31H,7-8,13,28H2,(H,33,34)(H,35,36);1H. The van der Waals surface area contributed by atoms with Gasteiger partial charge in [0.2, 0.25) is 0 Å². The molecule has 1 unspecified atom stereocenters. The second-order valence-corrected chi connectivity index (χ2v) is 8.56. The number of phenolic OH excluding ortho intramolecular Hbond substituents is 3. The number of benzene rings is 3. The van der Waals surface area contributed by atoms with Gasteiger partial charge < -0.3 is 35.7 Å². The van der Waals surface area contributed by atoms with Crippen LogP contribution >= 0.6 is 12.4 Å². The SMILES string of the molecule is Cl.NCCc1ccc(C(CC(=O)O)(C(=O)O)c2cc(-c3cc(=O)c4c(O)cc(O)cc4o3)ccc2O)cc1. The maximum atomic E-state index is 12.7. The molecule has 0 spiro atoms. The lowest BCUT2D eigenvalue weighted by atomic mass is 9.71. The quantitative estimate of drug-likeness (QED) is 0.193. The molecular weight excluding hydrogens is 518 g/mol. The lowest BCUT2D eigenvalue weighted by molar-refractivity contribution is -0.148. The molecule has 10 nitrogen and oxygen atoms in total. The van der Waals surface area contributed by atoms with E-state index in [-0.39, 0.29) is 51.6 Å². The minimum atomic E-state index is -2.19. The molecule has 0 saturated heterocycles. The first kappa shape index (κ1) is 28.0. The van der Waals surface area contributed by atoms with Gasteiger partial charge in [0.25, 0.3) is 0 Å². The molecule has 0 aliphatic carbocycles. The lowest BCUT2D eigenvalue weighted by Crippen LogP contribution is -2.39. The van der Waals surface area contributed by atoms with Crippen molar-refractivity contribution in [3.8, 4) is 28.6 Å². The summed E-state index contributed by atoms with van der Waals surface area (Å²) in [5, 5.41) is 50.4. The van der Waals surface area contributed by atoms with Crippen molar-refractivity contribution in [1.29, 1.82) is 0 Å². The van der Waals surface area contributed by atoms with Gasteiger partial charge in [0.05, 0.1) is 6.42 Å². The molecular formula is C27H24ClNO9. The minimum Gasteiger partial charge on any atom is -0.508 e. The first-order valence-corrected chi connectivity index (χ1v) is 11.1. The monoisotopic (exact) mass is 541 g/mol. The number of rotatable bonds is 8. The van der Waals surface area contributed by atoms with Crippen LogP contribution in [0.3, 0.4) is 0 Å². The third-order valence-electron chi connectivity index (χ3n) is 6.20. The van der Waals surface area contributed by atoms with Crippen molar-refractivity contribution in [3.63, 3.8) is 0 Å². The second kappa shape index (κ2) is 10.8. The molecule has 38 heavy (non-hydrogen) atoms. The number of hydrogen-bond donors (Lipinski definition) is 6. The first-order chi connectivity index (χ1) is 17.6. The van der Waals surface area contributed by atoms with E-state index < -0.39 is 40.7 Å². The molecule has 0 aliphatic rings. The Morgan fingerprint density at radius 1 is 0.895 bits per heavy atom. The smallest absolute Gasteiger partial charge is 0.319 e. The maximum Gasteiger partial charge on any atom is 0.319 e. The van der Waals surface area contributed by atoms with Crippen LogP contribution in [0.4, 0.5) is 0 Å². The summed E-state index contributed by atoms with van der Waals surface area (Å²) in [7, 11) is 0. The number of hydrogen-bond acceptors (Lipinski definition) is 8. The van der Waals surface area contributed by atoms with Crippen LogP contribution in [0.5, 0.6) is 17.2 Å². The Kier molecular flexibility index (Phi) is 7.99. The highest BCUT2D eigenvalue weighted by molar-refractivity contribution is 5.92. The topological polar surface area (TPSA) is 192 Å². The van der Waals surface area contributed by atoms with E-state index in [4.69, 9.17) is 10.2 Å². The summed E-state index contributed by atoms with van der Waals surface area (Å²) >= 11 is 0. The highest BCUT2D eigenvalue weighted by Crippen LogP contribution is 2.43. The average molecular weight is 542 g/mol. The van der Waals surface area contributed by atoms with Gasteiger partial charge >= 0.3 is 11.9 Å². The Morgan fingerprint density at radius 2 is 1.58 bits per heavy atom. The van der Waals surface area contributed by atoms with E-state index in [0.717, 1.165) is 23.8 Å². The van der Waals surface area contributed by atoms with Crippen LogP contribution in [-0.4, -0.2) is 44.0 Å². The molecule has 0 saturated carbocycles. The number of carbonyl (C=O) groups is 2. The van der Waals surface area contributed by atoms with E-state index in [2.05, 4.69) is 0 Å². The molecule has 0 bridgehead atoms. The molecule has 11 heteroatoms. The summed E-state index contributed by atoms with van der Waals surface area (Å²) in [5.74, 6) is -4.29. The highest BCUT2D eigenvalue weighted by atomic mass is 35.5. The van der Waals surface area contributed by atoms with E-state index in [1.54, 1.807) is 12.1 Å². The predicted molar refractivity (Wildman–Crippen MR) is 140 cm³/mol. The van der Waals surface area contributed by atoms with Gasteiger partial charge in [-0.05, 0) is 42.3 Å². The van der Waals surface area contributed by atoms with E-state index in [1.807, 2.05) is 0 Å². The lowest BCUT2D eigenvalue weighted by Gasteiger charge is -2.30. The number of halogens is 1. The molecule has 1 heterocycles. The molecule has 7 N–H and O–H groups in total. The largest absolute Gasteiger partial charge is 0.508 e. The molecule has 0 aliphatic heterocycles. The third-order valence-corrected chi connectivity index (χ3v) is 6.20. The Morgan fingerprint density at radius 3 is 2.18 bits per heavy atom. The summed E-state index contributed by atoms with van der Waals surface area (Å²) in [6.07, 6.45) is -0.356. The summed E-state index contributed by atoms with van der Waals surface area (Å²) in [5.41, 5.74) is 3.50. The van der Waals surface area contributed by atoms with Crippen molar-refractivity contribution in [1.82, 2.24) is 0 Å². The Labute approximate surface area is 221 Å². The number of aliphatic carboxylic acids is 2. The molecule has 198 valence electrons. The average Bonchev–Trinajstić information content (AvgIpc) is 2.82. The predicted octanol–water partition coefficient (Wildman–Crippen LogP) is 3.35. The Bertz CT molecular complexity index is 1580. The summed E-state index contributed by atoms with van der Waals surface area (Å²) in [6, 6.07) is 13.2. The van der Waals surface area contributed by atoms with Gasteiger partial charge in [0, 0.05) is 29.3 Å². The third kappa shape index (κ3) is 4.99. The number of carboxylic acids is 2. The fourth-order valence-electron chi connectivity index (χ4n) is 4.44. The van der Waals surface area contributed by atoms with Crippen LogP contribution in [0, 0.1) is 0 Å². The maximum absolute atomic E-state index is 12.7. The fourth-order valence-corrected chi connectivity index (χ4v) is 4.44. The zero-order valence-corrected chi connectivity index (χ0v) is 20.6. The minimum absolute atomic E-state index is 0. The fraction of sp³-hybridized carbons (Fsp3) is 0.148. The van der Waals surface area contributed by atoms with Gasteiger partial charge in [-0.1, -0.05) is 24.3 Å². The second-order valence-electron chi connectivity index (χ2n) is 8.56. The van der Waals surface area contributed by atoms with Crippen molar-refractivity contribution in [2.75, 3.05) is 6.54 Å². The molecule has 0 amide bonds. The Balaban J connectivity index is 0.00000400. The van der Waals surface area contributed by atoms with Crippen molar-refractivity contribution in [2.24, 2.45) is 5.73 Å². The Hall–Kier alpha value is -4.54. The number of fused-ring (bicyclic) bond motifs is 1. The van der Waals surface area contributed by atoms with Gasteiger partial charge in [-0.3, -0.25) is 14.4 Å². The molecule has 1 aromatic heterocycles. The van der Waals surface area contributed by atoms with Gasteiger partial charge in [-0.2, -0.15) is 0 Å². The molecule has 0 fully saturated rings. The zero-order valence-electron chi connectivity index (χ0n) is 19.7. The van der Waals surface area contributed by atoms with Gasteiger partial charge in [-0.15, -0.1) is 12.4 Å². The van der Waals surface area contributed by atoms with Crippen LogP contribution in [0.25, 0.3) is 22.3 Å². The summed E-state index contributed by atoms with van der Waals surface area (Å²) in [4.78, 5) is 37.3. The zero-order chi connectivity index (χ0) is 26.9. The normalized spacial score (nSPS) is 12.4. The molecule has 4 rings (SSSR count). The summed E-state index contributed by atoms with van der Waals surface area (Å²) < 4.78 is 5.71. The van der Waals surface area contributed by atoms with Crippen LogP contribution in [-0.2, 0) is 21.4 Å². The summed E-state index contributed by atoms with van der Waals surface area (Å²) in [6.45, 7) is 0.369. The molecule has 1 atom stereocenters. The van der Waals surface area contributed by atoms with E-state index in [1.165, 1.54) is 30.3 Å². The number of nitrogens with two attached hydrogens (primary N) is 1. The number of phenols is 3. The highest BCUT2D eigenvalue weighted by Gasteiger charge is 2.46. The van der Waals surface area contributed by atoms with Gasteiger partial charge in [0.15, 0.2) is 5.43 Å². The number of aromatic hydroxyl groups is 3.